The number of methoxy groups -OCH3 is 1. The summed E-state index contributed by atoms with van der Waals surface area (Å²) in [4.78, 5) is 18.7. The van der Waals surface area contributed by atoms with Crippen LogP contribution >= 0.6 is 0 Å². The number of ether oxygens (including phenoxy) is 1. The molecule has 0 aliphatic rings. The van der Waals surface area contributed by atoms with E-state index in [-0.39, 0.29) is 24.3 Å². The van der Waals surface area contributed by atoms with Crippen molar-refractivity contribution in [2.45, 2.75) is 39.8 Å². The molecule has 0 saturated carbocycles. The van der Waals surface area contributed by atoms with Gasteiger partial charge in [0, 0.05) is 25.8 Å². The van der Waals surface area contributed by atoms with Crippen LogP contribution in [-0.2, 0) is 16.1 Å². The van der Waals surface area contributed by atoms with Crippen LogP contribution in [0.4, 0.5) is 5.69 Å². The summed E-state index contributed by atoms with van der Waals surface area (Å²) in [6, 6.07) is 1.55. The van der Waals surface area contributed by atoms with Crippen molar-refractivity contribution in [3.8, 4) is 0 Å². The Hall–Kier alpha value is -1.46. The Kier molecular flexibility index (Phi) is 7.32. The molecule has 0 fully saturated rings. The molecule has 1 rings (SSSR count). The fraction of sp³-hybridized carbons (Fsp3) is 0.625. The lowest BCUT2D eigenvalue weighted by Crippen LogP contribution is -2.46. The third kappa shape index (κ3) is 4.79. The van der Waals surface area contributed by atoms with Crippen LogP contribution < -0.4 is 4.90 Å². The molecule has 0 spiro atoms. The highest BCUT2D eigenvalue weighted by Crippen LogP contribution is 2.20. The Morgan fingerprint density at radius 3 is 2.67 bits per heavy atom. The van der Waals surface area contributed by atoms with Crippen molar-refractivity contribution < 1.29 is 14.6 Å². The number of pyridine rings is 1. The van der Waals surface area contributed by atoms with Crippen LogP contribution in [0.5, 0.6) is 0 Å². The number of aromatic nitrogens is 1. The van der Waals surface area contributed by atoms with E-state index in [9.17, 15) is 9.90 Å². The van der Waals surface area contributed by atoms with Gasteiger partial charge in [0.2, 0.25) is 0 Å². The van der Waals surface area contributed by atoms with E-state index in [2.05, 4.69) is 11.9 Å². The second-order valence-corrected chi connectivity index (χ2v) is 5.43. The Labute approximate surface area is 126 Å². The number of rotatable bonds is 9. The number of carbonyl (C=O) groups excluding carboxylic acids is 1. The average molecular weight is 294 g/mol. The van der Waals surface area contributed by atoms with Gasteiger partial charge < -0.3 is 14.7 Å². The summed E-state index contributed by atoms with van der Waals surface area (Å²) in [7, 11) is 1.60. The van der Waals surface area contributed by atoms with Crippen molar-refractivity contribution in [2.24, 2.45) is 5.92 Å². The Balaban J connectivity index is 3.13. The number of aliphatic hydroxyl groups is 1. The molecule has 1 N–H and O–H groups in total. The van der Waals surface area contributed by atoms with Crippen LogP contribution in [0.3, 0.4) is 0 Å². The maximum absolute atomic E-state index is 12.5. The average Bonchev–Trinajstić information content (AvgIpc) is 2.50. The number of ketones is 1. The smallest absolute Gasteiger partial charge is 0.160 e. The number of aliphatic hydroxyl groups excluding tert-OH is 1. The summed E-state index contributed by atoms with van der Waals surface area (Å²) in [5.74, 6) is 0.0955. The highest BCUT2D eigenvalue weighted by Gasteiger charge is 2.27. The topological polar surface area (TPSA) is 62.7 Å². The first-order valence-electron chi connectivity index (χ1n) is 7.39. The monoisotopic (exact) mass is 294 g/mol. The Bertz CT molecular complexity index is 449. The van der Waals surface area contributed by atoms with E-state index in [0.717, 1.165) is 24.2 Å². The lowest BCUT2D eigenvalue weighted by Gasteiger charge is -2.33. The second-order valence-electron chi connectivity index (χ2n) is 5.43. The molecule has 118 valence electrons. The molecule has 0 aliphatic carbocycles. The minimum absolute atomic E-state index is 0.0570. The highest BCUT2D eigenvalue weighted by molar-refractivity contribution is 5.89. The summed E-state index contributed by atoms with van der Waals surface area (Å²) in [6.07, 6.45) is 4.27. The third-order valence-corrected chi connectivity index (χ3v) is 3.36. The third-order valence-electron chi connectivity index (χ3n) is 3.36. The van der Waals surface area contributed by atoms with Gasteiger partial charge in [-0.15, -0.1) is 0 Å². The molecular weight excluding hydrogens is 268 g/mol. The van der Waals surface area contributed by atoms with Gasteiger partial charge in [0.25, 0.3) is 0 Å². The van der Waals surface area contributed by atoms with E-state index in [4.69, 9.17) is 4.74 Å². The molecule has 1 aromatic heterocycles. The fourth-order valence-electron chi connectivity index (χ4n) is 2.29. The van der Waals surface area contributed by atoms with Crippen LogP contribution in [0.25, 0.3) is 0 Å². The predicted molar refractivity (Wildman–Crippen MR) is 83.3 cm³/mol. The summed E-state index contributed by atoms with van der Waals surface area (Å²) >= 11 is 0. The molecule has 0 saturated heterocycles. The molecule has 1 aromatic rings. The van der Waals surface area contributed by atoms with Crippen molar-refractivity contribution >= 4 is 11.5 Å². The van der Waals surface area contributed by atoms with Crippen LogP contribution in [0.2, 0.25) is 0 Å². The molecule has 0 aliphatic heterocycles. The molecule has 1 unspecified atom stereocenters. The van der Waals surface area contributed by atoms with Gasteiger partial charge in [-0.2, -0.15) is 0 Å². The number of anilines is 1. The van der Waals surface area contributed by atoms with Crippen LogP contribution in [0.1, 0.15) is 32.8 Å². The SMILES string of the molecule is CCCN(c1cncc(CO)c1)C(COC)C(=O)C(C)C. The van der Waals surface area contributed by atoms with E-state index in [0.29, 0.717) is 6.61 Å². The van der Waals surface area contributed by atoms with Gasteiger partial charge in [-0.3, -0.25) is 9.78 Å². The van der Waals surface area contributed by atoms with Gasteiger partial charge in [-0.25, -0.2) is 0 Å². The Morgan fingerprint density at radius 1 is 1.43 bits per heavy atom. The van der Waals surface area contributed by atoms with Gasteiger partial charge >= 0.3 is 0 Å². The second kappa shape index (κ2) is 8.74. The van der Waals surface area contributed by atoms with Gasteiger partial charge in [0.15, 0.2) is 5.78 Å². The molecule has 5 heteroatoms. The zero-order valence-corrected chi connectivity index (χ0v) is 13.4. The van der Waals surface area contributed by atoms with Crippen molar-refractivity contribution in [3.63, 3.8) is 0 Å². The molecule has 1 heterocycles. The van der Waals surface area contributed by atoms with Gasteiger partial charge in [-0.1, -0.05) is 20.8 Å². The van der Waals surface area contributed by atoms with E-state index >= 15 is 0 Å². The van der Waals surface area contributed by atoms with Crippen LogP contribution in [0.15, 0.2) is 18.5 Å². The number of hydrogen-bond donors (Lipinski definition) is 1. The minimum Gasteiger partial charge on any atom is -0.392 e. The molecule has 0 bridgehead atoms. The van der Waals surface area contributed by atoms with Gasteiger partial charge in [0.1, 0.15) is 6.04 Å². The molecule has 5 nitrogen and oxygen atoms in total. The van der Waals surface area contributed by atoms with E-state index in [1.807, 2.05) is 24.8 Å². The summed E-state index contributed by atoms with van der Waals surface area (Å²) in [6.45, 7) is 6.90. The van der Waals surface area contributed by atoms with E-state index < -0.39 is 0 Å². The molecular formula is C16H26N2O3. The largest absolute Gasteiger partial charge is 0.392 e. The van der Waals surface area contributed by atoms with E-state index in [1.54, 1.807) is 19.5 Å². The fourth-order valence-corrected chi connectivity index (χ4v) is 2.29. The molecule has 0 aromatic carbocycles. The van der Waals surface area contributed by atoms with E-state index in [1.165, 1.54) is 0 Å². The summed E-state index contributed by atoms with van der Waals surface area (Å²) < 4.78 is 5.25. The number of Topliss-reactive ketones (excluding diaryl/α,β-unsaturated/α-hetero) is 1. The first kappa shape index (κ1) is 17.6. The van der Waals surface area contributed by atoms with Gasteiger partial charge in [-0.05, 0) is 18.1 Å². The predicted octanol–water partition coefficient (Wildman–Crippen LogP) is 2.03. The van der Waals surface area contributed by atoms with Gasteiger partial charge in [0.05, 0.1) is 25.1 Å². The van der Waals surface area contributed by atoms with Crippen molar-refractivity contribution in [1.29, 1.82) is 0 Å². The first-order valence-corrected chi connectivity index (χ1v) is 7.39. The number of carbonyl (C=O) groups is 1. The van der Waals surface area contributed by atoms with Crippen molar-refractivity contribution in [3.05, 3.63) is 24.0 Å². The highest BCUT2D eigenvalue weighted by atomic mass is 16.5. The number of hydrogen-bond acceptors (Lipinski definition) is 5. The van der Waals surface area contributed by atoms with Crippen molar-refractivity contribution in [2.75, 3.05) is 25.2 Å². The molecule has 21 heavy (non-hydrogen) atoms. The van der Waals surface area contributed by atoms with Crippen LogP contribution in [-0.4, -0.2) is 42.2 Å². The zero-order chi connectivity index (χ0) is 15.8. The van der Waals surface area contributed by atoms with Crippen LogP contribution in [0, 0.1) is 5.92 Å². The standard InChI is InChI=1S/C16H26N2O3/c1-5-6-18(14-7-13(10-19)8-17-9-14)15(11-21-4)16(20)12(2)3/h7-9,12,15,19H,5-6,10-11H2,1-4H3. The Morgan fingerprint density at radius 2 is 2.14 bits per heavy atom. The maximum atomic E-state index is 12.5. The molecule has 0 radical (unpaired) electrons. The first-order chi connectivity index (χ1) is 10.0. The quantitative estimate of drug-likeness (QED) is 0.755. The molecule has 0 amide bonds. The lowest BCUT2D eigenvalue weighted by atomic mass is 10.00. The normalized spacial score (nSPS) is 12.5. The lowest BCUT2D eigenvalue weighted by molar-refractivity contribution is -0.124. The maximum Gasteiger partial charge on any atom is 0.160 e. The zero-order valence-electron chi connectivity index (χ0n) is 13.4. The minimum atomic E-state index is -0.328. The molecule has 1 atom stereocenters. The summed E-state index contributed by atoms with van der Waals surface area (Å²) in [5.41, 5.74) is 1.58. The van der Waals surface area contributed by atoms with Crippen molar-refractivity contribution in [1.82, 2.24) is 4.98 Å². The number of nitrogens with zero attached hydrogens (tertiary/aromatic N) is 2. The summed E-state index contributed by atoms with van der Waals surface area (Å²) in [5, 5.41) is 9.26.